The van der Waals surface area contributed by atoms with Crippen LogP contribution in [0.2, 0.25) is 0 Å². The van der Waals surface area contributed by atoms with Crippen LogP contribution in [0, 0.1) is 5.41 Å². The molecule has 0 unspecified atom stereocenters. The van der Waals surface area contributed by atoms with Crippen molar-refractivity contribution in [1.82, 2.24) is 9.71 Å². The van der Waals surface area contributed by atoms with Gasteiger partial charge in [0.2, 0.25) is 0 Å². The normalized spacial score (nSPS) is 10.3. The Morgan fingerprint density at radius 3 is 2.62 bits per heavy atom. The van der Waals surface area contributed by atoms with Gasteiger partial charge in [-0.1, -0.05) is 37.3 Å². The number of nitrogens with zero attached hydrogens (tertiary/aromatic N) is 2. The van der Waals surface area contributed by atoms with Crippen molar-refractivity contribution < 1.29 is 5.21 Å². The fourth-order valence-electron chi connectivity index (χ4n) is 1.53. The van der Waals surface area contributed by atoms with Crippen molar-refractivity contribution in [1.29, 1.82) is 5.41 Å². The van der Waals surface area contributed by atoms with Gasteiger partial charge in [0.15, 0.2) is 5.49 Å². The van der Waals surface area contributed by atoms with Gasteiger partial charge in [-0.15, -0.1) is 0 Å². The molecule has 0 aliphatic heterocycles. The van der Waals surface area contributed by atoms with Crippen LogP contribution in [0.1, 0.15) is 12.6 Å². The maximum absolute atomic E-state index is 9.56. The highest BCUT2D eigenvalue weighted by molar-refractivity contribution is 5.57. The van der Waals surface area contributed by atoms with E-state index >= 15 is 0 Å². The summed E-state index contributed by atoms with van der Waals surface area (Å²) in [5.41, 5.74) is 2.24. The number of hydrogen-bond donors (Lipinski definition) is 2. The lowest BCUT2D eigenvalue weighted by molar-refractivity contribution is 0.168. The van der Waals surface area contributed by atoms with Crippen LogP contribution in [0.25, 0.3) is 11.3 Å². The van der Waals surface area contributed by atoms with Gasteiger partial charge >= 0.3 is 0 Å². The molecule has 0 saturated heterocycles. The van der Waals surface area contributed by atoms with E-state index in [0.717, 1.165) is 10.3 Å². The van der Waals surface area contributed by atoms with Crippen LogP contribution in [-0.2, 0) is 6.42 Å². The van der Waals surface area contributed by atoms with Crippen LogP contribution >= 0.6 is 0 Å². The lowest BCUT2D eigenvalue weighted by Gasteiger charge is -2.06. The second-order valence-corrected chi connectivity index (χ2v) is 3.49. The fraction of sp³-hybridized carbons (Fsp3) is 0.167. The largest absolute Gasteiger partial charge is 0.427 e. The Labute approximate surface area is 93.3 Å². The van der Waals surface area contributed by atoms with Crippen LogP contribution in [0.5, 0.6) is 0 Å². The second-order valence-electron chi connectivity index (χ2n) is 3.49. The smallest absolute Gasteiger partial charge is 0.182 e. The molecule has 82 valence electrons. The van der Waals surface area contributed by atoms with Crippen LogP contribution in [-0.4, -0.2) is 14.9 Å². The van der Waals surface area contributed by atoms with Crippen LogP contribution in [0.4, 0.5) is 0 Å². The van der Waals surface area contributed by atoms with Gasteiger partial charge in [0, 0.05) is 5.56 Å². The molecule has 0 atom stereocenters. The van der Waals surface area contributed by atoms with Crippen molar-refractivity contribution in [3.8, 4) is 11.3 Å². The van der Waals surface area contributed by atoms with Crippen molar-refractivity contribution in [2.24, 2.45) is 0 Å². The molecule has 1 heterocycles. The SMILES string of the molecule is CCc1nc(-c2ccccc2)cn(O)c1=N. The van der Waals surface area contributed by atoms with Crippen molar-refractivity contribution in [3.63, 3.8) is 0 Å². The zero-order valence-electron chi connectivity index (χ0n) is 9.01. The summed E-state index contributed by atoms with van der Waals surface area (Å²) in [6.45, 7) is 1.91. The molecule has 1 aromatic heterocycles. The topological polar surface area (TPSA) is 61.9 Å². The first kappa shape index (κ1) is 10.4. The minimum Gasteiger partial charge on any atom is -0.427 e. The van der Waals surface area contributed by atoms with Gasteiger partial charge in [0.25, 0.3) is 0 Å². The van der Waals surface area contributed by atoms with Gasteiger partial charge in [0.05, 0.1) is 17.6 Å². The minimum atomic E-state index is 0.0437. The molecular weight excluding hydrogens is 202 g/mol. The Morgan fingerprint density at radius 1 is 1.31 bits per heavy atom. The summed E-state index contributed by atoms with van der Waals surface area (Å²) in [6, 6.07) is 9.60. The first-order valence-corrected chi connectivity index (χ1v) is 5.14. The number of nitrogens with one attached hydrogen (secondary N) is 1. The van der Waals surface area contributed by atoms with E-state index in [1.807, 2.05) is 37.3 Å². The lowest BCUT2D eigenvalue weighted by Crippen LogP contribution is -2.23. The Bertz CT molecular complexity index is 546. The van der Waals surface area contributed by atoms with Crippen molar-refractivity contribution in [2.75, 3.05) is 0 Å². The van der Waals surface area contributed by atoms with E-state index in [1.54, 1.807) is 0 Å². The molecule has 16 heavy (non-hydrogen) atoms. The van der Waals surface area contributed by atoms with Crippen molar-refractivity contribution >= 4 is 0 Å². The number of rotatable bonds is 2. The van der Waals surface area contributed by atoms with Gasteiger partial charge in [-0.25, -0.2) is 4.98 Å². The molecule has 1 aromatic carbocycles. The third-order valence-corrected chi connectivity index (χ3v) is 2.41. The van der Waals surface area contributed by atoms with Gasteiger partial charge in [-0.05, 0) is 6.42 Å². The lowest BCUT2D eigenvalue weighted by atomic mass is 10.1. The summed E-state index contributed by atoms with van der Waals surface area (Å²) < 4.78 is 0.814. The molecule has 0 bridgehead atoms. The van der Waals surface area contributed by atoms with E-state index < -0.39 is 0 Å². The van der Waals surface area contributed by atoms with Crippen LogP contribution in [0.3, 0.4) is 0 Å². The molecule has 4 nitrogen and oxygen atoms in total. The van der Waals surface area contributed by atoms with Crippen molar-refractivity contribution in [2.45, 2.75) is 13.3 Å². The fourth-order valence-corrected chi connectivity index (χ4v) is 1.53. The van der Waals surface area contributed by atoms with E-state index in [-0.39, 0.29) is 5.49 Å². The average Bonchev–Trinajstić information content (AvgIpc) is 2.33. The summed E-state index contributed by atoms with van der Waals surface area (Å²) in [7, 11) is 0. The summed E-state index contributed by atoms with van der Waals surface area (Å²) in [5.74, 6) is 0. The molecular formula is C12H13N3O. The predicted molar refractivity (Wildman–Crippen MR) is 60.1 cm³/mol. The summed E-state index contributed by atoms with van der Waals surface area (Å²) >= 11 is 0. The maximum Gasteiger partial charge on any atom is 0.182 e. The van der Waals surface area contributed by atoms with E-state index in [1.165, 1.54) is 6.20 Å². The maximum atomic E-state index is 9.56. The molecule has 0 aliphatic carbocycles. The molecule has 2 rings (SSSR count). The average molecular weight is 215 g/mol. The molecule has 0 radical (unpaired) electrons. The van der Waals surface area contributed by atoms with Crippen LogP contribution in [0.15, 0.2) is 36.5 Å². The summed E-state index contributed by atoms with van der Waals surface area (Å²) in [6.07, 6.45) is 2.08. The number of aromatic nitrogens is 2. The van der Waals surface area contributed by atoms with Gasteiger partial charge in [0.1, 0.15) is 0 Å². The Balaban J connectivity index is 2.60. The van der Waals surface area contributed by atoms with E-state index in [2.05, 4.69) is 4.98 Å². The first-order valence-electron chi connectivity index (χ1n) is 5.14. The molecule has 0 spiro atoms. The Kier molecular flexibility index (Phi) is 2.72. The number of benzene rings is 1. The standard InChI is InChI=1S/C12H13N3O/c1-2-10-12(13)15(16)8-11(14-10)9-6-4-3-5-7-9/h3-8,13,16H,2H2,1H3. The molecule has 4 heteroatoms. The molecule has 0 amide bonds. The van der Waals surface area contributed by atoms with E-state index in [0.29, 0.717) is 17.8 Å². The van der Waals surface area contributed by atoms with Gasteiger partial charge < -0.3 is 5.21 Å². The first-order chi connectivity index (χ1) is 7.72. The van der Waals surface area contributed by atoms with Gasteiger partial charge in [-0.2, -0.15) is 4.73 Å². The minimum absolute atomic E-state index is 0.0437. The molecule has 2 aromatic rings. The quantitative estimate of drug-likeness (QED) is 0.751. The highest BCUT2D eigenvalue weighted by Gasteiger charge is 2.05. The van der Waals surface area contributed by atoms with E-state index in [4.69, 9.17) is 5.41 Å². The predicted octanol–water partition coefficient (Wildman–Crippen LogP) is 1.83. The van der Waals surface area contributed by atoms with Gasteiger partial charge in [-0.3, -0.25) is 5.41 Å². The molecule has 0 saturated carbocycles. The summed E-state index contributed by atoms with van der Waals surface area (Å²) in [4.78, 5) is 4.35. The van der Waals surface area contributed by atoms with Crippen LogP contribution < -0.4 is 5.49 Å². The number of aryl methyl sites for hydroxylation is 1. The summed E-state index contributed by atoms with van der Waals surface area (Å²) in [5, 5.41) is 17.2. The Hall–Kier alpha value is -2.10. The van der Waals surface area contributed by atoms with E-state index in [9.17, 15) is 5.21 Å². The monoisotopic (exact) mass is 215 g/mol. The second kappa shape index (κ2) is 4.18. The Morgan fingerprint density at radius 2 is 2.00 bits per heavy atom. The third-order valence-electron chi connectivity index (χ3n) is 2.41. The highest BCUT2D eigenvalue weighted by Crippen LogP contribution is 2.14. The highest BCUT2D eigenvalue weighted by atomic mass is 16.5. The zero-order valence-corrected chi connectivity index (χ0v) is 9.01. The molecule has 0 aliphatic rings. The number of hydrogen-bond acceptors (Lipinski definition) is 3. The zero-order chi connectivity index (χ0) is 11.5. The molecule has 0 fully saturated rings. The molecule has 2 N–H and O–H groups in total. The van der Waals surface area contributed by atoms with Crippen molar-refractivity contribution in [3.05, 3.63) is 47.7 Å². The third kappa shape index (κ3) is 1.82.